The largest absolute Gasteiger partial charge is 0.472 e. The Labute approximate surface area is 149 Å². The summed E-state index contributed by atoms with van der Waals surface area (Å²) >= 11 is 0. The van der Waals surface area contributed by atoms with E-state index in [9.17, 15) is 19.7 Å². The Morgan fingerprint density at radius 3 is 2.62 bits per heavy atom. The molecule has 2 heterocycles. The van der Waals surface area contributed by atoms with Crippen molar-refractivity contribution in [2.75, 3.05) is 13.1 Å². The van der Waals surface area contributed by atoms with E-state index in [0.29, 0.717) is 37.1 Å². The van der Waals surface area contributed by atoms with Crippen LogP contribution in [0.5, 0.6) is 0 Å². The minimum atomic E-state index is -0.484. The van der Waals surface area contributed by atoms with Gasteiger partial charge in [-0.1, -0.05) is 18.2 Å². The van der Waals surface area contributed by atoms with Gasteiger partial charge in [-0.2, -0.15) is 0 Å². The molecule has 0 spiro atoms. The molecule has 0 atom stereocenters. The highest BCUT2D eigenvalue weighted by Gasteiger charge is 2.25. The van der Waals surface area contributed by atoms with Crippen molar-refractivity contribution < 1.29 is 18.9 Å². The van der Waals surface area contributed by atoms with Gasteiger partial charge in [0.1, 0.15) is 6.26 Å². The van der Waals surface area contributed by atoms with Gasteiger partial charge < -0.3 is 14.6 Å². The molecule has 1 aliphatic heterocycles. The summed E-state index contributed by atoms with van der Waals surface area (Å²) in [4.78, 5) is 36.7. The third-order valence-corrected chi connectivity index (χ3v) is 4.45. The van der Waals surface area contributed by atoms with E-state index < -0.39 is 4.92 Å². The number of carbonyl (C=O) groups excluding carboxylic acids is 2. The maximum atomic E-state index is 12.2. The summed E-state index contributed by atoms with van der Waals surface area (Å²) in [5.41, 5.74) is 0.856. The van der Waals surface area contributed by atoms with Gasteiger partial charge in [-0.05, 0) is 18.9 Å². The summed E-state index contributed by atoms with van der Waals surface area (Å²) in [6, 6.07) is 7.82. The van der Waals surface area contributed by atoms with E-state index in [-0.39, 0.29) is 30.0 Å². The third kappa shape index (κ3) is 4.08. The predicted octanol–water partition coefficient (Wildman–Crippen LogP) is 2.15. The number of hydrogen-bond donors (Lipinski definition) is 1. The van der Waals surface area contributed by atoms with Crippen molar-refractivity contribution in [2.45, 2.75) is 25.3 Å². The van der Waals surface area contributed by atoms with E-state index in [4.69, 9.17) is 4.42 Å². The third-order valence-electron chi connectivity index (χ3n) is 4.45. The summed E-state index contributed by atoms with van der Waals surface area (Å²) in [5.74, 6) is -0.331. The summed E-state index contributed by atoms with van der Waals surface area (Å²) in [6.07, 6.45) is 4.13. The minimum Gasteiger partial charge on any atom is -0.472 e. The number of nitrogens with one attached hydrogen (secondary N) is 1. The molecule has 1 aromatic heterocycles. The number of furan rings is 1. The lowest BCUT2D eigenvalue weighted by atomic mass is 10.0. The normalized spacial score (nSPS) is 14.8. The van der Waals surface area contributed by atoms with Gasteiger partial charge in [0.2, 0.25) is 5.91 Å². The Hall–Kier alpha value is -3.16. The molecule has 0 saturated carbocycles. The molecule has 3 rings (SSSR count). The van der Waals surface area contributed by atoms with Crippen molar-refractivity contribution in [3.8, 4) is 0 Å². The van der Waals surface area contributed by atoms with Crippen LogP contribution in [0.3, 0.4) is 0 Å². The smallest absolute Gasteiger partial charge is 0.273 e. The Kier molecular flexibility index (Phi) is 5.31. The number of likely N-dealkylation sites (tertiary alicyclic amines) is 1. The van der Waals surface area contributed by atoms with Gasteiger partial charge in [-0.25, -0.2) is 0 Å². The van der Waals surface area contributed by atoms with Crippen LogP contribution < -0.4 is 5.32 Å². The van der Waals surface area contributed by atoms with Gasteiger partial charge in [0.15, 0.2) is 0 Å². The Morgan fingerprint density at radius 2 is 1.96 bits per heavy atom. The second-order valence-corrected chi connectivity index (χ2v) is 6.21. The van der Waals surface area contributed by atoms with E-state index in [0.717, 1.165) is 0 Å². The lowest BCUT2D eigenvalue weighted by molar-refractivity contribution is -0.385. The van der Waals surface area contributed by atoms with E-state index in [2.05, 4.69) is 5.32 Å². The fourth-order valence-electron chi connectivity index (χ4n) is 3.09. The number of hydrogen-bond acceptors (Lipinski definition) is 5. The maximum absolute atomic E-state index is 12.2. The monoisotopic (exact) mass is 357 g/mol. The summed E-state index contributed by atoms with van der Waals surface area (Å²) in [7, 11) is 0. The fourth-order valence-corrected chi connectivity index (χ4v) is 3.09. The number of nitrogens with zero attached hydrogens (tertiary/aromatic N) is 2. The van der Waals surface area contributed by atoms with Crippen LogP contribution in [0.4, 0.5) is 5.69 Å². The van der Waals surface area contributed by atoms with Gasteiger partial charge in [-0.15, -0.1) is 0 Å². The standard InChI is InChI=1S/C18H19N3O5/c22-17(11-13-3-1-2-4-16(13)21(24)25)19-15-5-8-20(9-6-15)18(23)14-7-10-26-12-14/h1-4,7,10,12,15H,5-6,8-9,11H2,(H,19,22). The second kappa shape index (κ2) is 7.81. The average Bonchev–Trinajstić information content (AvgIpc) is 3.16. The molecule has 1 N–H and O–H groups in total. The van der Waals surface area contributed by atoms with E-state index in [1.54, 1.807) is 29.2 Å². The lowest BCUT2D eigenvalue weighted by Gasteiger charge is -2.32. The molecule has 0 radical (unpaired) electrons. The Bertz CT molecular complexity index is 795. The lowest BCUT2D eigenvalue weighted by Crippen LogP contribution is -2.46. The highest BCUT2D eigenvalue weighted by molar-refractivity contribution is 5.93. The summed E-state index contributed by atoms with van der Waals surface area (Å²) < 4.78 is 4.93. The van der Waals surface area contributed by atoms with Crippen molar-refractivity contribution in [1.82, 2.24) is 10.2 Å². The molecule has 0 bridgehead atoms. The number of rotatable bonds is 5. The summed E-state index contributed by atoms with van der Waals surface area (Å²) in [5, 5.41) is 13.9. The van der Waals surface area contributed by atoms with Crippen molar-refractivity contribution >= 4 is 17.5 Å². The van der Waals surface area contributed by atoms with Crippen molar-refractivity contribution in [3.63, 3.8) is 0 Å². The van der Waals surface area contributed by atoms with Crippen LogP contribution in [0.15, 0.2) is 47.3 Å². The topological polar surface area (TPSA) is 106 Å². The maximum Gasteiger partial charge on any atom is 0.273 e. The number of nitro groups is 1. The van der Waals surface area contributed by atoms with E-state index in [1.165, 1.54) is 18.6 Å². The molecule has 8 heteroatoms. The molecule has 26 heavy (non-hydrogen) atoms. The van der Waals surface area contributed by atoms with Crippen molar-refractivity contribution in [2.24, 2.45) is 0 Å². The molecule has 136 valence electrons. The molecule has 1 saturated heterocycles. The Balaban J connectivity index is 1.51. The van der Waals surface area contributed by atoms with Crippen LogP contribution in [-0.4, -0.2) is 40.8 Å². The average molecular weight is 357 g/mol. The van der Waals surface area contributed by atoms with Gasteiger partial charge in [0.05, 0.1) is 23.2 Å². The van der Waals surface area contributed by atoms with Gasteiger partial charge in [-0.3, -0.25) is 19.7 Å². The van der Waals surface area contributed by atoms with Gasteiger partial charge in [0, 0.05) is 30.8 Å². The minimum absolute atomic E-state index is 0.0364. The fraction of sp³-hybridized carbons (Fsp3) is 0.333. The first-order chi connectivity index (χ1) is 12.5. The number of piperidine rings is 1. The van der Waals surface area contributed by atoms with Crippen LogP contribution in [0.25, 0.3) is 0 Å². The molecular weight excluding hydrogens is 338 g/mol. The number of benzene rings is 1. The highest BCUT2D eigenvalue weighted by atomic mass is 16.6. The molecule has 2 amide bonds. The quantitative estimate of drug-likeness (QED) is 0.652. The van der Waals surface area contributed by atoms with Crippen molar-refractivity contribution in [3.05, 3.63) is 64.1 Å². The number of amides is 2. The number of carbonyl (C=O) groups is 2. The first-order valence-electron chi connectivity index (χ1n) is 8.37. The molecule has 1 aliphatic rings. The second-order valence-electron chi connectivity index (χ2n) is 6.21. The molecule has 1 aromatic carbocycles. The first kappa shape index (κ1) is 17.7. The van der Waals surface area contributed by atoms with E-state index in [1.807, 2.05) is 0 Å². The molecule has 2 aromatic rings. The van der Waals surface area contributed by atoms with Crippen LogP contribution in [0.1, 0.15) is 28.8 Å². The number of nitro benzene ring substituents is 1. The molecule has 0 aliphatic carbocycles. The predicted molar refractivity (Wildman–Crippen MR) is 92.6 cm³/mol. The van der Waals surface area contributed by atoms with Crippen LogP contribution in [0.2, 0.25) is 0 Å². The Morgan fingerprint density at radius 1 is 1.23 bits per heavy atom. The van der Waals surface area contributed by atoms with Crippen LogP contribution >= 0.6 is 0 Å². The highest BCUT2D eigenvalue weighted by Crippen LogP contribution is 2.19. The SMILES string of the molecule is O=C(Cc1ccccc1[N+](=O)[O-])NC1CCN(C(=O)c2ccoc2)CC1. The van der Waals surface area contributed by atoms with Crippen molar-refractivity contribution in [1.29, 1.82) is 0 Å². The molecule has 8 nitrogen and oxygen atoms in total. The molecular formula is C18H19N3O5. The molecule has 1 fully saturated rings. The molecule has 0 unspecified atom stereocenters. The van der Waals surface area contributed by atoms with E-state index >= 15 is 0 Å². The first-order valence-corrected chi connectivity index (χ1v) is 8.37. The zero-order valence-electron chi connectivity index (χ0n) is 14.1. The van der Waals surface area contributed by atoms with Gasteiger partial charge in [0.25, 0.3) is 11.6 Å². The summed E-state index contributed by atoms with van der Waals surface area (Å²) in [6.45, 7) is 1.08. The van der Waals surface area contributed by atoms with Crippen LogP contribution in [0, 0.1) is 10.1 Å². The number of para-hydroxylation sites is 1. The zero-order chi connectivity index (χ0) is 18.5. The zero-order valence-corrected chi connectivity index (χ0v) is 14.1. The van der Waals surface area contributed by atoms with Gasteiger partial charge >= 0.3 is 0 Å². The van der Waals surface area contributed by atoms with Crippen LogP contribution in [-0.2, 0) is 11.2 Å².